The second-order valence-corrected chi connectivity index (χ2v) is 8.84. The van der Waals surface area contributed by atoms with E-state index in [9.17, 15) is 18.6 Å². The van der Waals surface area contributed by atoms with Gasteiger partial charge in [-0.25, -0.2) is 4.21 Å². The van der Waals surface area contributed by atoms with E-state index in [1.165, 1.54) is 26.4 Å². The van der Waals surface area contributed by atoms with Crippen LogP contribution < -0.4 is 9.47 Å². The largest absolute Gasteiger partial charge is 0.496 e. The molecule has 1 amide bonds. The molecule has 0 bridgehead atoms. The summed E-state index contributed by atoms with van der Waals surface area (Å²) in [7, 11) is 2.82. The van der Waals surface area contributed by atoms with Crippen molar-refractivity contribution in [3.8, 4) is 11.5 Å². The van der Waals surface area contributed by atoms with Gasteiger partial charge in [-0.2, -0.15) is 0 Å². The Morgan fingerprint density at radius 1 is 1.03 bits per heavy atom. The maximum Gasteiger partial charge on any atom is 0.254 e. The molecule has 0 saturated carbocycles. The Kier molecular flexibility index (Phi) is 6.12. The van der Waals surface area contributed by atoms with Crippen LogP contribution in [0.15, 0.2) is 30.3 Å². The lowest BCUT2D eigenvalue weighted by atomic mass is 9.82. The van der Waals surface area contributed by atoms with E-state index < -0.39 is 11.1 Å². The molecule has 1 unspecified atom stereocenters. The number of rotatable bonds is 5. The third-order valence-corrected chi connectivity index (χ3v) is 6.80. The standard InChI is InChI=1S/C23H23NO7S/c1-30-17-5-3-4-15-19(17)22(26)20-16(21(15)25)10-14(11-18(20)31-2)23(27)24-8-6-13(7-9-24)12-32(28)29/h3-5,10-11,13H,6-9,12H2,1-2H3,(H,28,29). The first-order valence-electron chi connectivity index (χ1n) is 10.2. The van der Waals surface area contributed by atoms with Crippen LogP contribution in [0.5, 0.6) is 11.5 Å². The summed E-state index contributed by atoms with van der Waals surface area (Å²) in [6.45, 7) is 0.903. The Hall–Kier alpha value is -3.04. The second-order valence-electron chi connectivity index (χ2n) is 7.87. The Balaban J connectivity index is 1.68. The highest BCUT2D eigenvalue weighted by Crippen LogP contribution is 2.38. The van der Waals surface area contributed by atoms with Gasteiger partial charge in [0.1, 0.15) is 11.5 Å². The highest BCUT2D eigenvalue weighted by molar-refractivity contribution is 7.79. The van der Waals surface area contributed by atoms with Gasteiger partial charge >= 0.3 is 0 Å². The van der Waals surface area contributed by atoms with Gasteiger partial charge in [-0.05, 0) is 37.0 Å². The van der Waals surface area contributed by atoms with Gasteiger partial charge < -0.3 is 18.9 Å². The molecular formula is C23H23NO7S. The highest BCUT2D eigenvalue weighted by atomic mass is 32.2. The van der Waals surface area contributed by atoms with Crippen molar-refractivity contribution in [3.63, 3.8) is 0 Å². The molecule has 1 aliphatic carbocycles. The molecule has 4 rings (SSSR count). The third kappa shape index (κ3) is 3.82. The van der Waals surface area contributed by atoms with Crippen LogP contribution in [0.25, 0.3) is 0 Å². The maximum atomic E-state index is 13.3. The minimum absolute atomic E-state index is 0.0913. The van der Waals surface area contributed by atoms with Gasteiger partial charge in [-0.3, -0.25) is 14.4 Å². The first kappa shape index (κ1) is 22.2. The van der Waals surface area contributed by atoms with E-state index in [4.69, 9.17) is 14.0 Å². The summed E-state index contributed by atoms with van der Waals surface area (Å²) in [5.41, 5.74) is 0.927. The van der Waals surface area contributed by atoms with Crippen LogP contribution in [0, 0.1) is 5.92 Å². The minimum Gasteiger partial charge on any atom is -0.496 e. The first-order valence-corrected chi connectivity index (χ1v) is 11.5. The molecule has 32 heavy (non-hydrogen) atoms. The molecule has 1 aliphatic heterocycles. The molecule has 0 aromatic heterocycles. The Morgan fingerprint density at radius 3 is 2.31 bits per heavy atom. The van der Waals surface area contributed by atoms with E-state index in [0.717, 1.165) is 0 Å². The van der Waals surface area contributed by atoms with Crippen LogP contribution >= 0.6 is 0 Å². The number of ketones is 2. The number of ether oxygens (including phenoxy) is 2. The Bertz CT molecular complexity index is 1140. The molecule has 2 aromatic rings. The van der Waals surface area contributed by atoms with Crippen molar-refractivity contribution < 1.29 is 32.6 Å². The van der Waals surface area contributed by atoms with E-state index in [-0.39, 0.29) is 62.7 Å². The van der Waals surface area contributed by atoms with Crippen molar-refractivity contribution in [2.75, 3.05) is 33.1 Å². The molecule has 168 valence electrons. The lowest BCUT2D eigenvalue weighted by Gasteiger charge is -2.32. The van der Waals surface area contributed by atoms with Gasteiger partial charge in [-0.15, -0.1) is 0 Å². The average Bonchev–Trinajstić information content (AvgIpc) is 2.80. The SMILES string of the molecule is COc1cccc2c1C(=O)c1c(OC)cc(C(=O)N3CCC(CS(=O)O)CC3)cc1C2=O. The molecule has 0 spiro atoms. The highest BCUT2D eigenvalue weighted by Gasteiger charge is 2.36. The summed E-state index contributed by atoms with van der Waals surface area (Å²) >= 11 is -1.85. The summed E-state index contributed by atoms with van der Waals surface area (Å²) in [5, 5.41) is 0. The average molecular weight is 458 g/mol. The maximum absolute atomic E-state index is 13.3. The zero-order valence-corrected chi connectivity index (χ0v) is 18.6. The number of methoxy groups -OCH3 is 2. The van der Waals surface area contributed by atoms with Crippen molar-refractivity contribution in [2.45, 2.75) is 12.8 Å². The normalized spacial score (nSPS) is 16.9. The van der Waals surface area contributed by atoms with Gasteiger partial charge in [0.25, 0.3) is 5.91 Å². The lowest BCUT2D eigenvalue weighted by Crippen LogP contribution is -2.39. The fourth-order valence-electron chi connectivity index (χ4n) is 4.39. The van der Waals surface area contributed by atoms with Crippen molar-refractivity contribution >= 4 is 28.6 Å². The number of amides is 1. The molecule has 0 radical (unpaired) electrons. The molecule has 9 heteroatoms. The molecule has 1 saturated heterocycles. The van der Waals surface area contributed by atoms with Crippen LogP contribution in [0.1, 0.15) is 55.0 Å². The zero-order valence-electron chi connectivity index (χ0n) is 17.8. The van der Waals surface area contributed by atoms with E-state index in [1.54, 1.807) is 23.1 Å². The molecule has 2 aromatic carbocycles. The number of piperidine rings is 1. The predicted octanol–water partition coefficient (Wildman–Crippen LogP) is 2.55. The fraction of sp³-hybridized carbons (Fsp3) is 0.348. The van der Waals surface area contributed by atoms with Crippen LogP contribution in [-0.4, -0.2) is 64.2 Å². The molecule has 1 N–H and O–H groups in total. The number of benzene rings is 2. The predicted molar refractivity (Wildman–Crippen MR) is 117 cm³/mol. The number of nitrogens with zero attached hydrogens (tertiary/aromatic N) is 1. The molecule has 1 fully saturated rings. The van der Waals surface area contributed by atoms with E-state index >= 15 is 0 Å². The van der Waals surface area contributed by atoms with Gasteiger partial charge in [0, 0.05) is 29.8 Å². The van der Waals surface area contributed by atoms with Crippen LogP contribution in [0.4, 0.5) is 0 Å². The monoisotopic (exact) mass is 457 g/mol. The molecular weight excluding hydrogens is 434 g/mol. The number of carbonyl (C=O) groups excluding carboxylic acids is 3. The number of hydrogen-bond donors (Lipinski definition) is 1. The quantitative estimate of drug-likeness (QED) is 0.586. The van der Waals surface area contributed by atoms with E-state index in [2.05, 4.69) is 0 Å². The van der Waals surface area contributed by atoms with Crippen molar-refractivity contribution in [3.05, 3.63) is 58.1 Å². The molecule has 1 atom stereocenters. The lowest BCUT2D eigenvalue weighted by molar-refractivity contribution is 0.0697. The van der Waals surface area contributed by atoms with Gasteiger partial charge in [0.05, 0.1) is 31.1 Å². The summed E-state index contributed by atoms with van der Waals surface area (Å²) < 4.78 is 30.8. The van der Waals surface area contributed by atoms with Crippen LogP contribution in [-0.2, 0) is 11.1 Å². The summed E-state index contributed by atoms with van der Waals surface area (Å²) in [6, 6.07) is 7.77. The minimum atomic E-state index is -1.85. The van der Waals surface area contributed by atoms with Gasteiger partial charge in [-0.1, -0.05) is 12.1 Å². The van der Waals surface area contributed by atoms with Crippen molar-refractivity contribution in [2.24, 2.45) is 5.92 Å². The van der Waals surface area contributed by atoms with E-state index in [0.29, 0.717) is 31.7 Å². The summed E-state index contributed by atoms with van der Waals surface area (Å²) in [4.78, 5) is 41.3. The van der Waals surface area contributed by atoms with Crippen molar-refractivity contribution in [1.82, 2.24) is 4.90 Å². The van der Waals surface area contributed by atoms with Crippen LogP contribution in [0.3, 0.4) is 0 Å². The third-order valence-electron chi connectivity index (χ3n) is 6.04. The summed E-state index contributed by atoms with van der Waals surface area (Å²) in [6.07, 6.45) is 1.26. The number of likely N-dealkylation sites (tertiary alicyclic amines) is 1. The Morgan fingerprint density at radius 2 is 1.69 bits per heavy atom. The van der Waals surface area contributed by atoms with E-state index in [1.807, 2.05) is 0 Å². The van der Waals surface area contributed by atoms with Crippen LogP contribution in [0.2, 0.25) is 0 Å². The van der Waals surface area contributed by atoms with Crippen molar-refractivity contribution in [1.29, 1.82) is 0 Å². The van der Waals surface area contributed by atoms with Gasteiger partial charge in [0.2, 0.25) is 5.78 Å². The number of fused-ring (bicyclic) bond motifs is 2. The number of carbonyl (C=O) groups is 3. The Labute approximate surface area is 187 Å². The summed E-state index contributed by atoms with van der Waals surface area (Å²) in [5.74, 6) is -0.272. The molecule has 1 heterocycles. The molecule has 2 aliphatic rings. The fourth-order valence-corrected chi connectivity index (χ4v) is 5.13. The smallest absolute Gasteiger partial charge is 0.254 e. The second kappa shape index (κ2) is 8.84. The zero-order chi connectivity index (χ0) is 23.0. The first-order chi connectivity index (χ1) is 15.3. The number of hydrogen-bond acceptors (Lipinski definition) is 6. The topological polar surface area (TPSA) is 110 Å². The molecule has 8 nitrogen and oxygen atoms in total. The van der Waals surface area contributed by atoms with Gasteiger partial charge in [0.15, 0.2) is 16.9 Å².